The summed E-state index contributed by atoms with van der Waals surface area (Å²) >= 11 is 0. The molecule has 3 aliphatic rings. The third-order valence-electron chi connectivity index (χ3n) is 4.56. The average Bonchev–Trinajstić information content (AvgIpc) is 2.70. The number of aliphatic hydroxyl groups is 1. The third-order valence-corrected chi connectivity index (χ3v) is 4.56. The zero-order valence-corrected chi connectivity index (χ0v) is 14.6. The highest BCUT2D eigenvalue weighted by molar-refractivity contribution is 6.04. The first kappa shape index (κ1) is 16.3. The van der Waals surface area contributed by atoms with Crippen LogP contribution < -0.4 is 0 Å². The molecule has 0 bridgehead atoms. The molecule has 3 aliphatic carbocycles. The lowest BCUT2D eigenvalue weighted by Gasteiger charge is -2.06. The molecule has 2 nitrogen and oxygen atoms in total. The summed E-state index contributed by atoms with van der Waals surface area (Å²) in [6.45, 7) is 8.66. The van der Waals surface area contributed by atoms with Gasteiger partial charge < -0.3 is 5.11 Å². The van der Waals surface area contributed by atoms with Gasteiger partial charge >= 0.3 is 0 Å². The van der Waals surface area contributed by atoms with E-state index in [1.54, 1.807) is 6.08 Å². The second-order valence-corrected chi connectivity index (χ2v) is 6.76. The number of fused-ring (bicyclic) bond motifs is 1. The van der Waals surface area contributed by atoms with Gasteiger partial charge in [-0.05, 0) is 76.9 Å². The highest BCUT2D eigenvalue weighted by Crippen LogP contribution is 2.37. The van der Waals surface area contributed by atoms with Gasteiger partial charge in [0.25, 0.3) is 0 Å². The summed E-state index contributed by atoms with van der Waals surface area (Å²) in [6.07, 6.45) is 6.70. The Kier molecular flexibility index (Phi) is 4.15. The SMILES string of the molecule is Cc1cc(C=C2C=CC(=O)C(O)=C2)c2c(C)ccc(C(C)C)cc1-2. The second-order valence-electron chi connectivity index (χ2n) is 6.76. The molecule has 0 aromatic carbocycles. The highest BCUT2D eigenvalue weighted by atomic mass is 16.3. The molecule has 0 aromatic heterocycles. The van der Waals surface area contributed by atoms with Crippen molar-refractivity contribution in [1.29, 1.82) is 0 Å². The molecule has 0 aromatic rings. The van der Waals surface area contributed by atoms with Gasteiger partial charge in [0.15, 0.2) is 5.76 Å². The van der Waals surface area contributed by atoms with Crippen LogP contribution in [-0.2, 0) is 4.79 Å². The Morgan fingerprint density at radius 2 is 1.79 bits per heavy atom. The van der Waals surface area contributed by atoms with Crippen LogP contribution in [-0.4, -0.2) is 10.9 Å². The summed E-state index contributed by atoms with van der Waals surface area (Å²) in [4.78, 5) is 11.4. The van der Waals surface area contributed by atoms with Crippen LogP contribution in [0.1, 0.15) is 42.0 Å². The predicted octanol–water partition coefficient (Wildman–Crippen LogP) is 5.50. The van der Waals surface area contributed by atoms with E-state index in [0.29, 0.717) is 5.92 Å². The number of aliphatic hydroxyl groups excluding tert-OH is 1. The lowest BCUT2D eigenvalue weighted by atomic mass is 9.99. The number of hydrogen-bond donors (Lipinski definition) is 1. The van der Waals surface area contributed by atoms with Gasteiger partial charge in [-0.2, -0.15) is 0 Å². The van der Waals surface area contributed by atoms with Crippen molar-refractivity contribution in [3.8, 4) is 11.1 Å². The van der Waals surface area contributed by atoms with Crippen LogP contribution in [0.5, 0.6) is 0 Å². The normalized spacial score (nSPS) is 16.3. The van der Waals surface area contributed by atoms with Gasteiger partial charge in [0.1, 0.15) is 0 Å². The third kappa shape index (κ3) is 2.92. The molecule has 0 unspecified atom stereocenters. The van der Waals surface area contributed by atoms with E-state index in [4.69, 9.17) is 0 Å². The summed E-state index contributed by atoms with van der Waals surface area (Å²) in [7, 11) is 0. The largest absolute Gasteiger partial charge is 0.504 e. The lowest BCUT2D eigenvalue weighted by molar-refractivity contribution is -0.113. The summed E-state index contributed by atoms with van der Waals surface area (Å²) in [5.74, 6) is -0.0798. The van der Waals surface area contributed by atoms with E-state index in [-0.39, 0.29) is 11.5 Å². The van der Waals surface area contributed by atoms with Gasteiger partial charge in [0.2, 0.25) is 5.78 Å². The van der Waals surface area contributed by atoms with Crippen molar-refractivity contribution in [3.05, 3.63) is 76.1 Å². The molecule has 0 aliphatic heterocycles. The van der Waals surface area contributed by atoms with Crippen molar-refractivity contribution in [3.63, 3.8) is 0 Å². The molecule has 0 spiro atoms. The molecule has 0 atom stereocenters. The first-order valence-corrected chi connectivity index (χ1v) is 8.25. The van der Waals surface area contributed by atoms with Crippen molar-refractivity contribution in [1.82, 2.24) is 0 Å². The minimum Gasteiger partial charge on any atom is -0.504 e. The smallest absolute Gasteiger partial charge is 0.220 e. The van der Waals surface area contributed by atoms with E-state index in [2.05, 4.69) is 52.0 Å². The molecule has 0 heterocycles. The van der Waals surface area contributed by atoms with E-state index < -0.39 is 0 Å². The fourth-order valence-electron chi connectivity index (χ4n) is 3.16. The lowest BCUT2D eigenvalue weighted by Crippen LogP contribution is -2.01. The maximum atomic E-state index is 11.4. The predicted molar refractivity (Wildman–Crippen MR) is 99.5 cm³/mol. The molecule has 0 saturated carbocycles. The standard InChI is InChI=1S/C22H22O2/c1-13(2)17-7-5-14(3)22-18(9-15(4)19(22)12-17)10-16-6-8-20(23)21(24)11-16/h5-13,24H,1-4H3. The minimum absolute atomic E-state index is 0.208. The minimum atomic E-state index is -0.347. The van der Waals surface area contributed by atoms with Crippen molar-refractivity contribution in [2.75, 3.05) is 0 Å². The number of rotatable bonds is 2. The van der Waals surface area contributed by atoms with Crippen LogP contribution in [0.25, 0.3) is 17.2 Å². The number of aryl methyl sites for hydroxylation is 2. The van der Waals surface area contributed by atoms with Gasteiger partial charge in [-0.3, -0.25) is 4.79 Å². The molecule has 122 valence electrons. The van der Waals surface area contributed by atoms with Crippen molar-refractivity contribution >= 4 is 11.9 Å². The Hall–Kier alpha value is -2.61. The summed E-state index contributed by atoms with van der Waals surface area (Å²) in [6, 6.07) is 8.82. The fraction of sp³-hybridized carbons (Fsp3) is 0.227. The zero-order chi connectivity index (χ0) is 17.4. The van der Waals surface area contributed by atoms with Crippen LogP contribution >= 0.6 is 0 Å². The molecule has 24 heavy (non-hydrogen) atoms. The molecule has 2 heteroatoms. The van der Waals surface area contributed by atoms with Crippen molar-refractivity contribution in [2.45, 2.75) is 33.6 Å². The van der Waals surface area contributed by atoms with E-state index >= 15 is 0 Å². The summed E-state index contributed by atoms with van der Waals surface area (Å²) in [5.41, 5.74) is 8.21. The maximum Gasteiger partial charge on any atom is 0.220 e. The van der Waals surface area contributed by atoms with Gasteiger partial charge in [0, 0.05) is 0 Å². The number of carbonyl (C=O) groups excluding carboxylic acids is 1. The molecule has 0 amide bonds. The number of ketones is 1. The first-order valence-electron chi connectivity index (χ1n) is 8.25. The quantitative estimate of drug-likeness (QED) is 0.794. The van der Waals surface area contributed by atoms with Gasteiger partial charge in [-0.25, -0.2) is 0 Å². The highest BCUT2D eigenvalue weighted by Gasteiger charge is 2.16. The average molecular weight is 318 g/mol. The molecular formula is C22H22O2. The van der Waals surface area contributed by atoms with Crippen LogP contribution in [0.4, 0.5) is 0 Å². The molecule has 0 radical (unpaired) electrons. The Morgan fingerprint density at radius 1 is 1.04 bits per heavy atom. The molecular weight excluding hydrogens is 296 g/mol. The van der Waals surface area contributed by atoms with Crippen molar-refractivity contribution < 1.29 is 9.90 Å². The monoisotopic (exact) mass is 318 g/mol. The molecule has 0 saturated heterocycles. The topological polar surface area (TPSA) is 37.3 Å². The molecule has 3 rings (SSSR count). The summed E-state index contributed by atoms with van der Waals surface area (Å²) in [5, 5.41) is 9.66. The van der Waals surface area contributed by atoms with Crippen LogP contribution in [0.15, 0.2) is 53.8 Å². The number of allylic oxidation sites excluding steroid dienone is 4. The van der Waals surface area contributed by atoms with Gasteiger partial charge in [-0.1, -0.05) is 44.2 Å². The maximum absolute atomic E-state index is 11.4. The van der Waals surface area contributed by atoms with Gasteiger partial charge in [0.05, 0.1) is 0 Å². The Morgan fingerprint density at radius 3 is 2.46 bits per heavy atom. The van der Waals surface area contributed by atoms with Crippen LogP contribution in [0.3, 0.4) is 0 Å². The second kappa shape index (κ2) is 6.12. The Balaban J connectivity index is 2.16. The van der Waals surface area contributed by atoms with E-state index in [1.807, 2.05) is 6.08 Å². The Labute approximate surface area is 143 Å². The van der Waals surface area contributed by atoms with Crippen LogP contribution in [0.2, 0.25) is 0 Å². The number of hydrogen-bond acceptors (Lipinski definition) is 2. The summed E-state index contributed by atoms with van der Waals surface area (Å²) < 4.78 is 0. The molecule has 1 N–H and O–H groups in total. The van der Waals surface area contributed by atoms with E-state index in [9.17, 15) is 9.90 Å². The fourth-order valence-corrected chi connectivity index (χ4v) is 3.16. The number of carbonyl (C=O) groups is 1. The zero-order valence-electron chi connectivity index (χ0n) is 14.6. The molecule has 0 fully saturated rings. The van der Waals surface area contributed by atoms with Gasteiger partial charge in [-0.15, -0.1) is 0 Å². The van der Waals surface area contributed by atoms with E-state index in [1.165, 1.54) is 40.0 Å². The van der Waals surface area contributed by atoms with Crippen molar-refractivity contribution in [2.24, 2.45) is 0 Å². The Bertz CT molecular complexity index is 879. The van der Waals surface area contributed by atoms with E-state index in [0.717, 1.165) is 11.1 Å². The van der Waals surface area contributed by atoms with Crippen LogP contribution in [0, 0.1) is 13.8 Å². The first-order chi connectivity index (χ1) is 11.4.